The van der Waals surface area contributed by atoms with E-state index in [1.165, 1.54) is 23.5 Å². The van der Waals surface area contributed by atoms with Crippen LogP contribution in [0.15, 0.2) is 29.2 Å². The molecule has 0 N–H and O–H groups in total. The van der Waals surface area contributed by atoms with Crippen molar-refractivity contribution in [3.63, 3.8) is 0 Å². The van der Waals surface area contributed by atoms with Crippen LogP contribution in [0.3, 0.4) is 0 Å². The van der Waals surface area contributed by atoms with Gasteiger partial charge in [-0.15, -0.1) is 0 Å². The summed E-state index contributed by atoms with van der Waals surface area (Å²) in [5, 5.41) is 8.62. The predicted molar refractivity (Wildman–Crippen MR) is 74.7 cm³/mol. The molecule has 1 fully saturated rings. The van der Waals surface area contributed by atoms with E-state index in [4.69, 9.17) is 5.26 Å². The maximum atomic E-state index is 12.6. The fourth-order valence-corrected chi connectivity index (χ4v) is 4.05. The topological polar surface area (TPSA) is 87.5 Å². The van der Waals surface area contributed by atoms with E-state index < -0.39 is 22.0 Å². The van der Waals surface area contributed by atoms with Crippen molar-refractivity contribution in [3.8, 4) is 6.07 Å². The molecule has 1 heterocycles. The molecule has 2 rings (SSSR count). The number of methoxy groups -OCH3 is 1. The Morgan fingerprint density at radius 1 is 1.43 bits per heavy atom. The molecular formula is C14H16N2O4S. The fraction of sp³-hybridized carbons (Fsp3) is 0.429. The lowest BCUT2D eigenvalue weighted by Crippen LogP contribution is -2.41. The number of benzene rings is 1. The van der Waals surface area contributed by atoms with E-state index in [1.807, 2.05) is 6.07 Å². The summed E-state index contributed by atoms with van der Waals surface area (Å²) in [6.07, 6.45) is 1.33. The van der Waals surface area contributed by atoms with Crippen LogP contribution < -0.4 is 0 Å². The first kappa shape index (κ1) is 15.5. The maximum absolute atomic E-state index is 12.6. The minimum Gasteiger partial charge on any atom is -0.468 e. The van der Waals surface area contributed by atoms with E-state index in [0.29, 0.717) is 19.4 Å². The Balaban J connectivity index is 2.29. The Morgan fingerprint density at radius 3 is 2.67 bits per heavy atom. The zero-order valence-electron chi connectivity index (χ0n) is 11.7. The minimum atomic E-state index is -3.73. The van der Waals surface area contributed by atoms with Gasteiger partial charge in [-0.3, -0.25) is 4.79 Å². The van der Waals surface area contributed by atoms with Crippen LogP contribution >= 0.6 is 0 Å². The number of rotatable bonds is 4. The average Bonchev–Trinajstić information content (AvgIpc) is 2.97. The molecule has 1 aromatic rings. The van der Waals surface area contributed by atoms with Crippen LogP contribution in [0.1, 0.15) is 18.4 Å². The molecule has 21 heavy (non-hydrogen) atoms. The largest absolute Gasteiger partial charge is 0.468 e. The van der Waals surface area contributed by atoms with Crippen molar-refractivity contribution >= 4 is 16.0 Å². The minimum absolute atomic E-state index is 0.125. The van der Waals surface area contributed by atoms with Gasteiger partial charge in [-0.1, -0.05) is 12.1 Å². The third-order valence-electron chi connectivity index (χ3n) is 3.49. The summed E-state index contributed by atoms with van der Waals surface area (Å²) in [5.41, 5.74) is 0.752. The van der Waals surface area contributed by atoms with Gasteiger partial charge in [0, 0.05) is 6.54 Å². The van der Waals surface area contributed by atoms with E-state index in [0.717, 1.165) is 5.56 Å². The average molecular weight is 308 g/mol. The monoisotopic (exact) mass is 308 g/mol. The van der Waals surface area contributed by atoms with Crippen molar-refractivity contribution in [1.82, 2.24) is 4.31 Å². The van der Waals surface area contributed by atoms with Crippen molar-refractivity contribution in [1.29, 1.82) is 5.26 Å². The molecule has 1 aliphatic heterocycles. The van der Waals surface area contributed by atoms with Crippen molar-refractivity contribution in [2.45, 2.75) is 30.2 Å². The Morgan fingerprint density at radius 2 is 2.10 bits per heavy atom. The Kier molecular flexibility index (Phi) is 4.60. The van der Waals surface area contributed by atoms with Crippen LogP contribution in [0.25, 0.3) is 0 Å². The highest BCUT2D eigenvalue weighted by molar-refractivity contribution is 7.89. The van der Waals surface area contributed by atoms with Gasteiger partial charge >= 0.3 is 5.97 Å². The third-order valence-corrected chi connectivity index (χ3v) is 5.41. The third kappa shape index (κ3) is 3.06. The van der Waals surface area contributed by atoms with Crippen molar-refractivity contribution in [2.24, 2.45) is 0 Å². The van der Waals surface area contributed by atoms with Crippen LogP contribution in [0.4, 0.5) is 0 Å². The SMILES string of the molecule is COC(=O)C1CCCN1S(=O)(=O)c1ccc(CC#N)cc1. The molecular weight excluding hydrogens is 292 g/mol. The van der Waals surface area contributed by atoms with Crippen molar-refractivity contribution in [2.75, 3.05) is 13.7 Å². The van der Waals surface area contributed by atoms with Gasteiger partial charge in [-0.05, 0) is 30.5 Å². The number of carbonyl (C=O) groups excluding carboxylic acids is 1. The van der Waals surface area contributed by atoms with Gasteiger partial charge in [0.1, 0.15) is 6.04 Å². The standard InChI is InChI=1S/C14H16N2O4S/c1-20-14(17)13-3-2-10-16(13)21(18,19)12-6-4-11(5-7-12)8-9-15/h4-7,13H,2-3,8,10H2,1H3. The smallest absolute Gasteiger partial charge is 0.324 e. The normalized spacial score (nSPS) is 19.1. The molecule has 6 nitrogen and oxygen atoms in total. The predicted octanol–water partition coefficient (Wildman–Crippen LogP) is 1.08. The van der Waals surface area contributed by atoms with Gasteiger partial charge < -0.3 is 4.74 Å². The van der Waals surface area contributed by atoms with Gasteiger partial charge in [0.25, 0.3) is 0 Å². The zero-order chi connectivity index (χ0) is 15.5. The molecule has 7 heteroatoms. The number of hydrogen-bond donors (Lipinski definition) is 0. The van der Waals surface area contributed by atoms with Gasteiger partial charge in [0.2, 0.25) is 10.0 Å². The molecule has 1 aliphatic rings. The molecule has 1 saturated heterocycles. The summed E-state index contributed by atoms with van der Waals surface area (Å²) in [5.74, 6) is -0.530. The van der Waals surface area contributed by atoms with E-state index in [9.17, 15) is 13.2 Å². The molecule has 1 unspecified atom stereocenters. The molecule has 1 atom stereocenters. The quantitative estimate of drug-likeness (QED) is 0.777. The highest BCUT2D eigenvalue weighted by Crippen LogP contribution is 2.26. The van der Waals surface area contributed by atoms with E-state index in [1.54, 1.807) is 12.1 Å². The van der Waals surface area contributed by atoms with Gasteiger partial charge in [-0.2, -0.15) is 9.57 Å². The summed E-state index contributed by atoms with van der Waals surface area (Å²) < 4.78 is 31.0. The molecule has 0 aromatic heterocycles. The lowest BCUT2D eigenvalue weighted by Gasteiger charge is -2.22. The second-order valence-electron chi connectivity index (χ2n) is 4.78. The van der Waals surface area contributed by atoms with E-state index in [-0.39, 0.29) is 11.3 Å². The summed E-state index contributed by atoms with van der Waals surface area (Å²) in [6, 6.07) is 7.41. The second kappa shape index (κ2) is 6.24. The lowest BCUT2D eigenvalue weighted by molar-refractivity contribution is -0.144. The number of hydrogen-bond acceptors (Lipinski definition) is 5. The Labute approximate surface area is 124 Å². The summed E-state index contributed by atoms with van der Waals surface area (Å²) >= 11 is 0. The molecule has 0 bridgehead atoms. The highest BCUT2D eigenvalue weighted by atomic mass is 32.2. The number of carbonyl (C=O) groups is 1. The molecule has 0 aliphatic carbocycles. The molecule has 0 spiro atoms. The zero-order valence-corrected chi connectivity index (χ0v) is 12.5. The first-order valence-electron chi connectivity index (χ1n) is 6.56. The van der Waals surface area contributed by atoms with E-state index >= 15 is 0 Å². The molecule has 0 saturated carbocycles. The fourth-order valence-electron chi connectivity index (χ4n) is 2.41. The van der Waals surface area contributed by atoms with Crippen LogP contribution in [0.5, 0.6) is 0 Å². The van der Waals surface area contributed by atoms with Crippen LogP contribution in [0, 0.1) is 11.3 Å². The van der Waals surface area contributed by atoms with Crippen LogP contribution in [-0.4, -0.2) is 38.4 Å². The Hall–Kier alpha value is -1.91. The second-order valence-corrected chi connectivity index (χ2v) is 6.67. The first-order chi connectivity index (χ1) is 10.0. The lowest BCUT2D eigenvalue weighted by atomic mass is 10.2. The van der Waals surface area contributed by atoms with E-state index in [2.05, 4.69) is 4.74 Å². The Bertz CT molecular complexity index is 661. The summed E-state index contributed by atoms with van der Waals surface area (Å²) in [7, 11) is -2.47. The van der Waals surface area contributed by atoms with Crippen molar-refractivity contribution in [3.05, 3.63) is 29.8 Å². The van der Waals surface area contributed by atoms with Gasteiger partial charge in [0.05, 0.1) is 24.5 Å². The highest BCUT2D eigenvalue weighted by Gasteiger charge is 2.39. The van der Waals surface area contributed by atoms with Gasteiger partial charge in [0.15, 0.2) is 0 Å². The number of sulfonamides is 1. The van der Waals surface area contributed by atoms with Crippen LogP contribution in [-0.2, 0) is 26.0 Å². The summed E-state index contributed by atoms with van der Waals surface area (Å²) in [6.45, 7) is 0.308. The number of nitriles is 1. The molecule has 0 radical (unpaired) electrons. The molecule has 1 aromatic carbocycles. The summed E-state index contributed by atoms with van der Waals surface area (Å²) in [4.78, 5) is 11.8. The van der Waals surface area contributed by atoms with Crippen molar-refractivity contribution < 1.29 is 17.9 Å². The number of ether oxygens (including phenoxy) is 1. The first-order valence-corrected chi connectivity index (χ1v) is 8.00. The maximum Gasteiger partial charge on any atom is 0.324 e. The van der Waals surface area contributed by atoms with Gasteiger partial charge in [-0.25, -0.2) is 8.42 Å². The number of nitrogens with zero attached hydrogens (tertiary/aromatic N) is 2. The van der Waals surface area contributed by atoms with Crippen LogP contribution in [0.2, 0.25) is 0 Å². The molecule has 0 amide bonds. The molecule has 112 valence electrons. The number of esters is 1.